The number of rotatable bonds is 9. The molecule has 5 rings (SSSR count). The highest BCUT2D eigenvalue weighted by Crippen LogP contribution is 2.32. The average molecular weight is 519 g/mol. The van der Waals surface area contributed by atoms with Crippen molar-refractivity contribution in [2.24, 2.45) is 0 Å². The van der Waals surface area contributed by atoms with Crippen molar-refractivity contribution in [1.29, 1.82) is 0 Å². The second kappa shape index (κ2) is 10.6. The van der Waals surface area contributed by atoms with Gasteiger partial charge in [0.1, 0.15) is 36.2 Å². The molecule has 4 atom stereocenters. The fourth-order valence-electron chi connectivity index (χ4n) is 4.51. The molecule has 1 fully saturated rings. The van der Waals surface area contributed by atoms with Crippen LogP contribution in [0.3, 0.4) is 0 Å². The lowest BCUT2D eigenvalue weighted by Crippen LogP contribution is -2.34. The van der Waals surface area contributed by atoms with Crippen LogP contribution in [0, 0.1) is 0 Å². The van der Waals surface area contributed by atoms with E-state index in [1.165, 1.54) is 29.2 Å². The molecule has 196 valence electrons. The highest BCUT2D eigenvalue weighted by molar-refractivity contribution is 6.05. The van der Waals surface area contributed by atoms with E-state index in [1.54, 1.807) is 36.4 Å². The van der Waals surface area contributed by atoms with Crippen LogP contribution in [-0.2, 0) is 11.2 Å². The number of fused-ring (bicyclic) bond motifs is 1. The average Bonchev–Trinajstić information content (AvgIpc) is 3.48. The molecule has 0 bridgehead atoms. The normalized spacial score (nSPS) is 21.0. The first-order valence-electron chi connectivity index (χ1n) is 12.0. The maximum atomic E-state index is 12.6. The summed E-state index contributed by atoms with van der Waals surface area (Å²) in [6.45, 7) is -0.0364. The van der Waals surface area contributed by atoms with Crippen LogP contribution in [-0.4, -0.2) is 66.5 Å². The van der Waals surface area contributed by atoms with Gasteiger partial charge in [-0.05, 0) is 36.2 Å². The van der Waals surface area contributed by atoms with E-state index in [9.17, 15) is 24.9 Å². The summed E-state index contributed by atoms with van der Waals surface area (Å²) in [5, 5.41) is 30.5. The Labute approximate surface area is 217 Å². The van der Waals surface area contributed by atoms with Gasteiger partial charge in [0.2, 0.25) is 0 Å². The number of nitrogens with zero attached hydrogens (tertiary/aromatic N) is 3. The summed E-state index contributed by atoms with van der Waals surface area (Å²) >= 11 is 0. The number of aromatic nitrogens is 3. The van der Waals surface area contributed by atoms with Crippen LogP contribution in [0.5, 0.6) is 5.75 Å². The Kier molecular flexibility index (Phi) is 7.05. The van der Waals surface area contributed by atoms with Gasteiger partial charge in [-0.25, -0.2) is 14.8 Å². The Morgan fingerprint density at radius 2 is 1.82 bits per heavy atom. The lowest BCUT2D eigenvalue weighted by molar-refractivity contribution is -0.0474. The first-order valence-corrected chi connectivity index (χ1v) is 12.0. The maximum Gasteiger partial charge on any atom is 0.336 e. The van der Waals surface area contributed by atoms with E-state index >= 15 is 0 Å². The number of carbonyl (C=O) groups excluding carboxylic acids is 1. The number of aliphatic hydroxyl groups is 2. The number of ether oxygens (including phenoxy) is 2. The molecule has 2 aromatic carbocycles. The number of carbonyl (C=O) groups is 2. The van der Waals surface area contributed by atoms with Gasteiger partial charge < -0.3 is 30.5 Å². The molecule has 1 aliphatic heterocycles. The first kappa shape index (κ1) is 25.3. The van der Waals surface area contributed by atoms with Crippen molar-refractivity contribution in [2.75, 3.05) is 12.3 Å². The molecule has 3 heterocycles. The number of aryl methyl sites for hydroxylation is 1. The second-order valence-corrected chi connectivity index (χ2v) is 9.00. The summed E-state index contributed by atoms with van der Waals surface area (Å²) in [5.74, 6) is -0.910. The maximum absolute atomic E-state index is 12.6. The third-order valence-corrected chi connectivity index (χ3v) is 6.51. The Balaban J connectivity index is 1.21. The number of hydrogen-bond donors (Lipinski definition) is 4. The molecular formula is C27H26N4O7. The van der Waals surface area contributed by atoms with Crippen LogP contribution in [0.15, 0.2) is 67.1 Å². The number of nitrogens with two attached hydrogens (primary N) is 1. The topological polar surface area (TPSA) is 170 Å². The SMILES string of the molecule is Nc1ccnc2c1ncn2[C@@H]1O[C@H](COc2cccc(CCC(=O)c3ccccc3C(=O)O)c2)[C@@H](O)[C@H]1O. The summed E-state index contributed by atoms with van der Waals surface area (Å²) in [5.41, 5.74) is 8.25. The van der Waals surface area contributed by atoms with Crippen LogP contribution in [0.25, 0.3) is 11.2 Å². The number of benzene rings is 2. The third-order valence-electron chi connectivity index (χ3n) is 6.51. The molecule has 0 saturated carbocycles. The lowest BCUT2D eigenvalue weighted by atomic mass is 9.98. The molecule has 5 N–H and O–H groups in total. The molecular weight excluding hydrogens is 492 g/mol. The number of nitrogen functional groups attached to an aromatic ring is 1. The largest absolute Gasteiger partial charge is 0.491 e. The number of imidazole rings is 1. The molecule has 2 aromatic heterocycles. The lowest BCUT2D eigenvalue weighted by Gasteiger charge is -2.17. The smallest absolute Gasteiger partial charge is 0.336 e. The predicted octanol–water partition coefficient (Wildman–Crippen LogP) is 2.23. The quantitative estimate of drug-likeness (QED) is 0.241. The van der Waals surface area contributed by atoms with Crippen molar-refractivity contribution in [1.82, 2.24) is 14.5 Å². The molecule has 1 saturated heterocycles. The monoisotopic (exact) mass is 518 g/mol. The van der Waals surface area contributed by atoms with Crippen LogP contribution in [0.1, 0.15) is 38.9 Å². The highest BCUT2D eigenvalue weighted by Gasteiger charge is 2.44. The zero-order valence-corrected chi connectivity index (χ0v) is 20.2. The van der Waals surface area contributed by atoms with Crippen LogP contribution in [0.2, 0.25) is 0 Å². The molecule has 1 aliphatic rings. The minimum absolute atomic E-state index is 0.0202. The summed E-state index contributed by atoms with van der Waals surface area (Å²) in [6.07, 6.45) is -0.711. The second-order valence-electron chi connectivity index (χ2n) is 9.00. The summed E-state index contributed by atoms with van der Waals surface area (Å²) in [7, 11) is 0. The fraction of sp³-hybridized carbons (Fsp3) is 0.259. The van der Waals surface area contributed by atoms with Crippen molar-refractivity contribution in [3.63, 3.8) is 0 Å². The van der Waals surface area contributed by atoms with Gasteiger partial charge in [-0.1, -0.05) is 30.3 Å². The molecule has 38 heavy (non-hydrogen) atoms. The number of ketones is 1. The Morgan fingerprint density at radius 3 is 2.61 bits per heavy atom. The third kappa shape index (κ3) is 4.94. The molecule has 0 amide bonds. The number of carboxylic acid groups (broad SMARTS) is 1. The summed E-state index contributed by atoms with van der Waals surface area (Å²) in [6, 6.07) is 14.9. The Hall–Kier alpha value is -4.32. The number of carboxylic acids is 1. The minimum atomic E-state index is -1.24. The number of anilines is 1. The van der Waals surface area contributed by atoms with Crippen molar-refractivity contribution < 1.29 is 34.4 Å². The zero-order valence-electron chi connectivity index (χ0n) is 20.2. The first-order chi connectivity index (χ1) is 18.3. The van der Waals surface area contributed by atoms with E-state index in [2.05, 4.69) is 9.97 Å². The minimum Gasteiger partial charge on any atom is -0.491 e. The van der Waals surface area contributed by atoms with Gasteiger partial charge in [0.15, 0.2) is 17.7 Å². The number of aliphatic hydroxyl groups excluding tert-OH is 2. The van der Waals surface area contributed by atoms with Gasteiger partial charge in [0, 0.05) is 18.2 Å². The predicted molar refractivity (Wildman–Crippen MR) is 136 cm³/mol. The van der Waals surface area contributed by atoms with Gasteiger partial charge in [-0.3, -0.25) is 9.36 Å². The van der Waals surface area contributed by atoms with E-state index in [4.69, 9.17) is 15.2 Å². The van der Waals surface area contributed by atoms with Gasteiger partial charge in [0.25, 0.3) is 0 Å². The van der Waals surface area contributed by atoms with Crippen LogP contribution < -0.4 is 10.5 Å². The zero-order chi connectivity index (χ0) is 26.8. The number of aromatic carboxylic acids is 1. The molecule has 0 spiro atoms. The number of hydrogen-bond acceptors (Lipinski definition) is 9. The van der Waals surface area contributed by atoms with E-state index in [0.29, 0.717) is 29.0 Å². The molecule has 0 unspecified atom stereocenters. The number of Topliss-reactive ketones (excluding diaryl/α,β-unsaturated/α-hetero) is 1. The van der Waals surface area contributed by atoms with Crippen LogP contribution in [0.4, 0.5) is 5.69 Å². The van der Waals surface area contributed by atoms with E-state index < -0.39 is 30.5 Å². The fourth-order valence-corrected chi connectivity index (χ4v) is 4.51. The van der Waals surface area contributed by atoms with Gasteiger partial charge >= 0.3 is 5.97 Å². The van der Waals surface area contributed by atoms with E-state index in [1.807, 2.05) is 6.07 Å². The van der Waals surface area contributed by atoms with Crippen LogP contribution >= 0.6 is 0 Å². The molecule has 0 radical (unpaired) electrons. The van der Waals surface area contributed by atoms with Crippen molar-refractivity contribution in [3.05, 3.63) is 83.8 Å². The molecule has 4 aromatic rings. The van der Waals surface area contributed by atoms with Gasteiger partial charge in [-0.2, -0.15) is 0 Å². The van der Waals surface area contributed by atoms with Gasteiger partial charge in [-0.15, -0.1) is 0 Å². The van der Waals surface area contributed by atoms with Gasteiger partial charge in [0.05, 0.1) is 17.6 Å². The Bertz CT molecular complexity index is 1490. The summed E-state index contributed by atoms with van der Waals surface area (Å²) in [4.78, 5) is 32.5. The van der Waals surface area contributed by atoms with Crippen molar-refractivity contribution in [3.8, 4) is 5.75 Å². The molecule has 11 nitrogen and oxygen atoms in total. The summed E-state index contributed by atoms with van der Waals surface area (Å²) < 4.78 is 13.3. The standard InChI is InChI=1S/C27H26N4O7/c28-19-10-11-29-25-22(19)30-14-31(25)26-24(34)23(33)21(38-26)13-37-16-5-3-4-15(12-16)8-9-20(32)17-6-1-2-7-18(17)27(35)36/h1-7,10-12,14,21,23-24,26,33-34H,8-9,13H2,(H2,28,29)(H,35,36)/t21-,23-,24-,26-/m1/s1. The highest BCUT2D eigenvalue weighted by atomic mass is 16.6. The van der Waals surface area contributed by atoms with E-state index in [-0.39, 0.29) is 29.9 Å². The number of pyridine rings is 1. The van der Waals surface area contributed by atoms with E-state index in [0.717, 1.165) is 5.56 Å². The van der Waals surface area contributed by atoms with Crippen molar-refractivity contribution >= 4 is 28.6 Å². The molecule has 11 heteroatoms. The Morgan fingerprint density at radius 1 is 1.03 bits per heavy atom. The van der Waals surface area contributed by atoms with Crippen molar-refractivity contribution in [2.45, 2.75) is 37.4 Å². The molecule has 0 aliphatic carbocycles.